The summed E-state index contributed by atoms with van der Waals surface area (Å²) in [6, 6.07) is -0.542. The molecule has 0 heterocycles. The maximum atomic E-state index is 12.8. The first kappa shape index (κ1) is 15.6. The zero-order valence-electron chi connectivity index (χ0n) is 8.07. The summed E-state index contributed by atoms with van der Waals surface area (Å²) >= 11 is 0. The molecule has 96 valence electrons. The van der Waals surface area contributed by atoms with Gasteiger partial charge in [0.2, 0.25) is 5.82 Å². The van der Waals surface area contributed by atoms with Crippen LogP contribution in [-0.2, 0) is 0 Å². The molecule has 2 N–H and O–H groups in total. The summed E-state index contributed by atoms with van der Waals surface area (Å²) in [4.78, 5) is 9.18. The Balaban J connectivity index is 0.00000256. The largest absolute Gasteiger partial charge is 0.407 e. The van der Waals surface area contributed by atoms with E-state index in [1.54, 1.807) is 0 Å². The summed E-state index contributed by atoms with van der Waals surface area (Å²) in [5.41, 5.74) is 3.24. The second kappa shape index (κ2) is 5.28. The van der Waals surface area contributed by atoms with E-state index in [9.17, 15) is 27.7 Å². The Morgan fingerprint density at radius 2 is 1.88 bits per heavy atom. The first-order valence-electron chi connectivity index (χ1n) is 3.99. The third kappa shape index (κ3) is 3.53. The fourth-order valence-electron chi connectivity index (χ4n) is 1.05. The van der Waals surface area contributed by atoms with Crippen LogP contribution in [0, 0.1) is 15.9 Å². The van der Waals surface area contributed by atoms with Crippen molar-refractivity contribution in [2.45, 2.75) is 12.2 Å². The lowest BCUT2D eigenvalue weighted by molar-refractivity contribution is -0.387. The number of nitrogens with two attached hydrogens (primary N) is 1. The summed E-state index contributed by atoms with van der Waals surface area (Å²) in [5, 5.41) is 10.3. The van der Waals surface area contributed by atoms with Gasteiger partial charge in [0, 0.05) is 6.07 Å². The number of nitro groups is 1. The fourth-order valence-corrected chi connectivity index (χ4v) is 1.05. The van der Waals surface area contributed by atoms with Crippen LogP contribution < -0.4 is 5.73 Å². The van der Waals surface area contributed by atoms with Gasteiger partial charge in [0.1, 0.15) is 6.04 Å². The third-order valence-corrected chi connectivity index (χ3v) is 1.88. The average Bonchev–Trinajstić information content (AvgIpc) is 2.15. The third-order valence-electron chi connectivity index (χ3n) is 1.88. The molecule has 1 rings (SSSR count). The van der Waals surface area contributed by atoms with Crippen LogP contribution in [0.1, 0.15) is 11.6 Å². The highest BCUT2D eigenvalue weighted by molar-refractivity contribution is 5.85. The highest BCUT2D eigenvalue weighted by Crippen LogP contribution is 2.32. The number of benzene rings is 1. The van der Waals surface area contributed by atoms with Crippen molar-refractivity contribution in [3.63, 3.8) is 0 Å². The van der Waals surface area contributed by atoms with E-state index in [1.807, 2.05) is 0 Å². The van der Waals surface area contributed by atoms with Crippen molar-refractivity contribution in [2.24, 2.45) is 5.73 Å². The van der Waals surface area contributed by atoms with Crippen LogP contribution in [0.5, 0.6) is 0 Å². The molecule has 0 bridgehead atoms. The molecule has 0 aromatic heterocycles. The van der Waals surface area contributed by atoms with Crippen molar-refractivity contribution in [1.29, 1.82) is 0 Å². The number of nitrogens with zero attached hydrogens (tertiary/aromatic N) is 1. The summed E-state index contributed by atoms with van der Waals surface area (Å²) in [7, 11) is 0. The Morgan fingerprint density at radius 3 is 2.29 bits per heavy atom. The van der Waals surface area contributed by atoms with E-state index < -0.39 is 34.2 Å². The maximum absolute atomic E-state index is 12.8. The quantitative estimate of drug-likeness (QED) is 0.512. The molecule has 17 heavy (non-hydrogen) atoms. The molecule has 4 nitrogen and oxygen atoms in total. The topological polar surface area (TPSA) is 69.2 Å². The van der Waals surface area contributed by atoms with E-state index in [4.69, 9.17) is 5.73 Å². The summed E-state index contributed by atoms with van der Waals surface area (Å²) in [5.74, 6) is -1.21. The van der Waals surface area contributed by atoms with Crippen molar-refractivity contribution < 1.29 is 22.5 Å². The van der Waals surface area contributed by atoms with Gasteiger partial charge in [0.25, 0.3) is 0 Å². The molecule has 0 spiro atoms. The van der Waals surface area contributed by atoms with E-state index in [0.717, 1.165) is 6.07 Å². The predicted molar refractivity (Wildman–Crippen MR) is 53.3 cm³/mol. The molecule has 0 aliphatic heterocycles. The smallest absolute Gasteiger partial charge is 0.316 e. The van der Waals surface area contributed by atoms with Gasteiger partial charge in [-0.3, -0.25) is 10.1 Å². The van der Waals surface area contributed by atoms with E-state index in [-0.39, 0.29) is 12.4 Å². The SMILES string of the molecule is Cl.N[C@@H](c1ccc(F)c([N+](=O)[O-])c1)C(F)(F)F. The first-order valence-corrected chi connectivity index (χ1v) is 3.99. The Morgan fingerprint density at radius 1 is 1.35 bits per heavy atom. The minimum atomic E-state index is -4.73. The second-order valence-corrected chi connectivity index (χ2v) is 2.99. The van der Waals surface area contributed by atoms with Gasteiger partial charge in [-0.15, -0.1) is 12.4 Å². The molecule has 0 fully saturated rings. The molecule has 0 aliphatic rings. The minimum Gasteiger partial charge on any atom is -0.316 e. The lowest BCUT2D eigenvalue weighted by atomic mass is 10.1. The van der Waals surface area contributed by atoms with Crippen LogP contribution in [0.25, 0.3) is 0 Å². The maximum Gasteiger partial charge on any atom is 0.407 e. The molecule has 0 saturated carbocycles. The minimum absolute atomic E-state index is 0. The molecular formula is C8H7ClF4N2O2. The molecule has 0 unspecified atom stereocenters. The number of rotatable bonds is 2. The number of alkyl halides is 3. The van der Waals surface area contributed by atoms with Gasteiger partial charge in [0.05, 0.1) is 4.92 Å². The summed E-state index contributed by atoms with van der Waals surface area (Å²) in [6.45, 7) is 0. The van der Waals surface area contributed by atoms with E-state index in [0.29, 0.717) is 12.1 Å². The van der Waals surface area contributed by atoms with Crippen LogP contribution >= 0.6 is 12.4 Å². The predicted octanol–water partition coefficient (Wildman–Crippen LogP) is 2.72. The lowest BCUT2D eigenvalue weighted by Crippen LogP contribution is -2.28. The van der Waals surface area contributed by atoms with Crippen molar-refractivity contribution in [3.8, 4) is 0 Å². The van der Waals surface area contributed by atoms with Crippen LogP contribution in [0.2, 0.25) is 0 Å². The van der Waals surface area contributed by atoms with Gasteiger partial charge in [-0.05, 0) is 11.6 Å². The molecule has 9 heteroatoms. The van der Waals surface area contributed by atoms with Gasteiger partial charge >= 0.3 is 11.9 Å². The Kier molecular flexibility index (Phi) is 4.84. The van der Waals surface area contributed by atoms with E-state index in [1.165, 1.54) is 0 Å². The van der Waals surface area contributed by atoms with Gasteiger partial charge in [-0.1, -0.05) is 6.07 Å². The number of hydrogen-bond acceptors (Lipinski definition) is 3. The van der Waals surface area contributed by atoms with Crippen molar-refractivity contribution in [1.82, 2.24) is 0 Å². The fraction of sp³-hybridized carbons (Fsp3) is 0.250. The molecule has 1 atom stereocenters. The van der Waals surface area contributed by atoms with Crippen molar-refractivity contribution in [3.05, 3.63) is 39.7 Å². The molecular weight excluding hydrogens is 268 g/mol. The van der Waals surface area contributed by atoms with E-state index in [2.05, 4.69) is 0 Å². The normalized spacial score (nSPS) is 12.8. The average molecular weight is 275 g/mol. The molecule has 0 radical (unpaired) electrons. The van der Waals surface area contributed by atoms with Crippen LogP contribution in [0.4, 0.5) is 23.2 Å². The van der Waals surface area contributed by atoms with Gasteiger partial charge < -0.3 is 5.73 Å². The molecule has 1 aromatic rings. The molecule has 1 aromatic carbocycles. The summed E-state index contributed by atoms with van der Waals surface area (Å²) < 4.78 is 49.4. The highest BCUT2D eigenvalue weighted by Gasteiger charge is 2.38. The molecule has 0 aliphatic carbocycles. The first-order chi connectivity index (χ1) is 7.23. The van der Waals surface area contributed by atoms with Crippen molar-refractivity contribution >= 4 is 18.1 Å². The van der Waals surface area contributed by atoms with Gasteiger partial charge in [-0.25, -0.2) is 0 Å². The Labute approximate surface area is 99.0 Å². The zero-order valence-corrected chi connectivity index (χ0v) is 8.89. The zero-order chi connectivity index (χ0) is 12.5. The number of hydrogen-bond donors (Lipinski definition) is 1. The molecule has 0 amide bonds. The molecule has 0 saturated heterocycles. The van der Waals surface area contributed by atoms with Crippen molar-refractivity contribution in [2.75, 3.05) is 0 Å². The van der Waals surface area contributed by atoms with Crippen LogP contribution in [0.3, 0.4) is 0 Å². The number of halogens is 5. The van der Waals surface area contributed by atoms with E-state index >= 15 is 0 Å². The second-order valence-electron chi connectivity index (χ2n) is 2.99. The monoisotopic (exact) mass is 274 g/mol. The van der Waals surface area contributed by atoms with Gasteiger partial charge in [-0.2, -0.15) is 17.6 Å². The lowest BCUT2D eigenvalue weighted by Gasteiger charge is -2.15. The number of nitro benzene ring substituents is 1. The summed E-state index contributed by atoms with van der Waals surface area (Å²) in [6.07, 6.45) is -4.73. The Hall–Kier alpha value is -1.41. The van der Waals surface area contributed by atoms with Crippen LogP contribution in [0.15, 0.2) is 18.2 Å². The van der Waals surface area contributed by atoms with Crippen LogP contribution in [-0.4, -0.2) is 11.1 Å². The van der Waals surface area contributed by atoms with Gasteiger partial charge in [0.15, 0.2) is 0 Å². The standard InChI is InChI=1S/C8H6F4N2O2.ClH/c9-5-2-1-4(3-6(5)14(15)16)7(13)8(10,11)12;/h1-3,7H,13H2;1H/t7-;/m0./s1. The Bertz CT molecular complexity index is 424. The highest BCUT2D eigenvalue weighted by atomic mass is 35.5.